The first kappa shape index (κ1) is 16.0. The predicted octanol–water partition coefficient (Wildman–Crippen LogP) is 4.28. The van der Waals surface area contributed by atoms with E-state index < -0.39 is 5.97 Å². The van der Waals surface area contributed by atoms with Crippen molar-refractivity contribution in [1.29, 1.82) is 0 Å². The third kappa shape index (κ3) is 3.23. The number of ether oxygens (including phenoxy) is 2. The molecular formula is C16H14ClNO4S. The first-order valence-corrected chi connectivity index (χ1v) is 8.44. The maximum Gasteiger partial charge on any atom is 0.348 e. The van der Waals surface area contributed by atoms with Crippen molar-refractivity contribution in [3.8, 4) is 10.8 Å². The number of thiophene rings is 1. The molecule has 1 aliphatic carbocycles. The van der Waals surface area contributed by atoms with Gasteiger partial charge in [-0.05, 0) is 25.3 Å². The van der Waals surface area contributed by atoms with Crippen LogP contribution in [0.2, 0.25) is 5.02 Å². The lowest BCUT2D eigenvalue weighted by atomic mass is 9.92. The average Bonchev–Trinajstić information content (AvgIpc) is 2.88. The molecule has 0 amide bonds. The lowest BCUT2D eigenvalue weighted by Crippen LogP contribution is -2.13. The minimum absolute atomic E-state index is 0.0111. The molecule has 0 saturated carbocycles. The molecule has 0 spiro atoms. The van der Waals surface area contributed by atoms with Gasteiger partial charge in [-0.25, -0.2) is 4.79 Å². The lowest BCUT2D eigenvalue weighted by Gasteiger charge is -2.13. The van der Waals surface area contributed by atoms with Crippen LogP contribution in [0.15, 0.2) is 18.5 Å². The van der Waals surface area contributed by atoms with E-state index in [1.54, 1.807) is 13.0 Å². The molecule has 1 aliphatic rings. The standard InChI is InChI=1S/C16H14ClNO4S/c1-2-21-15(20)14-11-4-3-5-12(19)13(11)16(23-14)22-10-6-9(17)7-18-8-10/h6-8H,2-5H2,1H3. The Labute approximate surface area is 142 Å². The monoisotopic (exact) mass is 351 g/mol. The van der Waals surface area contributed by atoms with Crippen LogP contribution in [0, 0.1) is 0 Å². The van der Waals surface area contributed by atoms with E-state index in [-0.39, 0.29) is 12.4 Å². The number of carbonyl (C=O) groups is 2. The maximum atomic E-state index is 12.3. The normalized spacial score (nSPS) is 13.6. The number of nitrogens with zero attached hydrogens (tertiary/aromatic N) is 1. The highest BCUT2D eigenvalue weighted by molar-refractivity contribution is 7.16. The Kier molecular flexibility index (Phi) is 4.63. The molecule has 0 unspecified atom stereocenters. The number of fused-ring (bicyclic) bond motifs is 1. The molecule has 0 aromatic carbocycles. The summed E-state index contributed by atoms with van der Waals surface area (Å²) < 4.78 is 10.9. The van der Waals surface area contributed by atoms with Gasteiger partial charge in [0.25, 0.3) is 0 Å². The van der Waals surface area contributed by atoms with Gasteiger partial charge in [0.2, 0.25) is 0 Å². The van der Waals surface area contributed by atoms with Crippen LogP contribution in [0.1, 0.15) is 45.4 Å². The van der Waals surface area contributed by atoms with Crippen molar-refractivity contribution in [1.82, 2.24) is 4.98 Å². The minimum Gasteiger partial charge on any atom is -0.462 e. The van der Waals surface area contributed by atoms with Gasteiger partial charge >= 0.3 is 5.97 Å². The van der Waals surface area contributed by atoms with Gasteiger partial charge in [0, 0.05) is 18.7 Å². The Balaban J connectivity index is 2.02. The number of halogens is 1. The van der Waals surface area contributed by atoms with Gasteiger partial charge in [0.15, 0.2) is 10.8 Å². The minimum atomic E-state index is -0.414. The summed E-state index contributed by atoms with van der Waals surface area (Å²) in [5, 5.41) is 0.835. The number of ketones is 1. The van der Waals surface area contributed by atoms with Crippen molar-refractivity contribution in [2.75, 3.05) is 6.61 Å². The Hall–Kier alpha value is -1.92. The molecule has 120 valence electrons. The quantitative estimate of drug-likeness (QED) is 0.769. The molecule has 0 fully saturated rings. The van der Waals surface area contributed by atoms with E-state index in [1.165, 1.54) is 12.4 Å². The van der Waals surface area contributed by atoms with Crippen molar-refractivity contribution in [2.24, 2.45) is 0 Å². The summed E-state index contributed by atoms with van der Waals surface area (Å²) in [7, 11) is 0. The third-order valence-corrected chi connectivity index (χ3v) is 4.73. The van der Waals surface area contributed by atoms with E-state index in [0.29, 0.717) is 39.1 Å². The fourth-order valence-corrected chi connectivity index (χ4v) is 3.80. The van der Waals surface area contributed by atoms with E-state index in [0.717, 1.165) is 23.3 Å². The van der Waals surface area contributed by atoms with Crippen LogP contribution in [0.5, 0.6) is 10.8 Å². The van der Waals surface area contributed by atoms with E-state index in [2.05, 4.69) is 4.98 Å². The number of rotatable bonds is 4. The highest BCUT2D eigenvalue weighted by Crippen LogP contribution is 2.42. The van der Waals surface area contributed by atoms with Crippen LogP contribution < -0.4 is 4.74 Å². The summed E-state index contributed by atoms with van der Waals surface area (Å²) in [4.78, 5) is 28.8. The molecule has 0 aliphatic heterocycles. The highest BCUT2D eigenvalue weighted by atomic mass is 35.5. The number of aromatic nitrogens is 1. The zero-order valence-corrected chi connectivity index (χ0v) is 14.0. The molecule has 0 N–H and O–H groups in total. The third-order valence-electron chi connectivity index (χ3n) is 3.44. The number of hydrogen-bond acceptors (Lipinski definition) is 6. The molecular weight excluding hydrogens is 338 g/mol. The molecule has 0 radical (unpaired) electrons. The maximum absolute atomic E-state index is 12.3. The molecule has 2 aromatic rings. The molecule has 23 heavy (non-hydrogen) atoms. The second kappa shape index (κ2) is 6.68. The molecule has 7 heteroatoms. The number of hydrogen-bond donors (Lipinski definition) is 0. The second-order valence-corrected chi connectivity index (χ2v) is 6.43. The van der Waals surface area contributed by atoms with Crippen LogP contribution in [0.3, 0.4) is 0 Å². The number of esters is 1. The van der Waals surface area contributed by atoms with Crippen LogP contribution in [0.25, 0.3) is 0 Å². The topological polar surface area (TPSA) is 65.5 Å². The first-order chi connectivity index (χ1) is 11.1. The summed E-state index contributed by atoms with van der Waals surface area (Å²) in [5.41, 5.74) is 1.22. The predicted molar refractivity (Wildman–Crippen MR) is 86.9 cm³/mol. The Morgan fingerprint density at radius 2 is 2.22 bits per heavy atom. The van der Waals surface area contributed by atoms with Crippen LogP contribution in [0.4, 0.5) is 0 Å². The van der Waals surface area contributed by atoms with Gasteiger partial charge in [-0.1, -0.05) is 22.9 Å². The van der Waals surface area contributed by atoms with Gasteiger partial charge < -0.3 is 9.47 Å². The second-order valence-electron chi connectivity index (χ2n) is 5.01. The molecule has 2 heterocycles. The number of pyridine rings is 1. The summed E-state index contributed by atoms with van der Waals surface area (Å²) in [6.45, 7) is 2.03. The Bertz CT molecular complexity index is 771. The average molecular weight is 352 g/mol. The first-order valence-electron chi connectivity index (χ1n) is 7.24. The van der Waals surface area contributed by atoms with Crippen LogP contribution in [-0.4, -0.2) is 23.3 Å². The van der Waals surface area contributed by atoms with Crippen molar-refractivity contribution >= 4 is 34.7 Å². The number of Topliss-reactive ketones (excluding diaryl/α,β-unsaturated/α-hetero) is 1. The van der Waals surface area contributed by atoms with Crippen molar-refractivity contribution in [3.05, 3.63) is 39.5 Å². The van der Waals surface area contributed by atoms with Gasteiger partial charge in [-0.15, -0.1) is 0 Å². The summed E-state index contributed by atoms with van der Waals surface area (Å²) >= 11 is 7.04. The largest absolute Gasteiger partial charge is 0.462 e. The highest BCUT2D eigenvalue weighted by Gasteiger charge is 2.31. The van der Waals surface area contributed by atoms with E-state index in [1.807, 2.05) is 0 Å². The fraction of sp³-hybridized carbons (Fsp3) is 0.312. The van der Waals surface area contributed by atoms with E-state index in [4.69, 9.17) is 21.1 Å². The molecule has 3 rings (SSSR count). The SMILES string of the molecule is CCOC(=O)c1sc(Oc2cncc(Cl)c2)c2c1CCCC2=O. The number of carbonyl (C=O) groups excluding carboxylic acids is 2. The van der Waals surface area contributed by atoms with Crippen molar-refractivity contribution in [3.63, 3.8) is 0 Å². The fourth-order valence-electron chi connectivity index (χ4n) is 2.50. The molecule has 5 nitrogen and oxygen atoms in total. The summed E-state index contributed by atoms with van der Waals surface area (Å²) in [6, 6.07) is 1.61. The molecule has 0 saturated heterocycles. The zero-order chi connectivity index (χ0) is 16.4. The van der Waals surface area contributed by atoms with Crippen LogP contribution >= 0.6 is 22.9 Å². The molecule has 0 bridgehead atoms. The molecule has 0 atom stereocenters. The lowest BCUT2D eigenvalue weighted by molar-refractivity contribution is 0.0531. The van der Waals surface area contributed by atoms with Crippen molar-refractivity contribution in [2.45, 2.75) is 26.2 Å². The Morgan fingerprint density at radius 1 is 1.39 bits per heavy atom. The van der Waals surface area contributed by atoms with Gasteiger partial charge in [-0.3, -0.25) is 9.78 Å². The van der Waals surface area contributed by atoms with Gasteiger partial charge in [-0.2, -0.15) is 0 Å². The smallest absolute Gasteiger partial charge is 0.348 e. The zero-order valence-electron chi connectivity index (χ0n) is 12.4. The molecule has 2 aromatic heterocycles. The summed E-state index contributed by atoms with van der Waals surface area (Å²) in [5.74, 6) is 0.000821. The Morgan fingerprint density at radius 3 is 2.96 bits per heavy atom. The van der Waals surface area contributed by atoms with Gasteiger partial charge in [0.1, 0.15) is 10.6 Å². The van der Waals surface area contributed by atoms with Crippen LogP contribution in [-0.2, 0) is 11.2 Å². The van der Waals surface area contributed by atoms with Gasteiger partial charge in [0.05, 0.1) is 23.4 Å². The van der Waals surface area contributed by atoms with E-state index >= 15 is 0 Å². The van der Waals surface area contributed by atoms with E-state index in [9.17, 15) is 9.59 Å². The summed E-state index contributed by atoms with van der Waals surface area (Å²) in [6.07, 6.45) is 4.86. The van der Waals surface area contributed by atoms with Crippen molar-refractivity contribution < 1.29 is 19.1 Å².